The van der Waals surface area contributed by atoms with Crippen molar-refractivity contribution >= 4 is 5.91 Å². The molecule has 0 spiro atoms. The van der Waals surface area contributed by atoms with Crippen molar-refractivity contribution in [1.82, 2.24) is 4.90 Å². The molecule has 0 N–H and O–H groups in total. The van der Waals surface area contributed by atoms with E-state index in [0.29, 0.717) is 18.6 Å². The van der Waals surface area contributed by atoms with Crippen molar-refractivity contribution in [1.29, 1.82) is 0 Å². The van der Waals surface area contributed by atoms with E-state index >= 15 is 0 Å². The average molecular weight is 289 g/mol. The molecule has 3 heteroatoms. The van der Waals surface area contributed by atoms with Crippen LogP contribution in [0.2, 0.25) is 0 Å². The molecule has 1 aromatic carbocycles. The fraction of sp³-hybridized carbons (Fsp3) is 0.611. The van der Waals surface area contributed by atoms with Gasteiger partial charge in [0.25, 0.3) is 5.91 Å². The molecule has 21 heavy (non-hydrogen) atoms. The van der Waals surface area contributed by atoms with Crippen molar-refractivity contribution in [2.24, 2.45) is 5.92 Å². The van der Waals surface area contributed by atoms with E-state index in [1.165, 1.54) is 0 Å². The number of hydrogen-bond donors (Lipinski definition) is 0. The van der Waals surface area contributed by atoms with Crippen LogP contribution in [0.3, 0.4) is 0 Å². The molecule has 1 saturated carbocycles. The summed E-state index contributed by atoms with van der Waals surface area (Å²) < 4.78 is 5.55. The maximum Gasteiger partial charge on any atom is 0.254 e. The van der Waals surface area contributed by atoms with Crippen molar-refractivity contribution in [2.45, 2.75) is 59.5 Å². The van der Waals surface area contributed by atoms with Crippen LogP contribution in [-0.2, 0) is 0 Å². The molecule has 0 saturated heterocycles. The van der Waals surface area contributed by atoms with E-state index < -0.39 is 0 Å². The third-order valence-electron chi connectivity index (χ3n) is 4.30. The third kappa shape index (κ3) is 3.58. The monoisotopic (exact) mass is 289 g/mol. The lowest BCUT2D eigenvalue weighted by atomic mass is 10.0. The summed E-state index contributed by atoms with van der Waals surface area (Å²) in [5, 5.41) is 0. The van der Waals surface area contributed by atoms with Crippen LogP contribution in [0.15, 0.2) is 18.2 Å². The van der Waals surface area contributed by atoms with Crippen molar-refractivity contribution in [3.8, 4) is 5.75 Å². The van der Waals surface area contributed by atoms with E-state index in [2.05, 4.69) is 25.7 Å². The molecule has 1 fully saturated rings. The van der Waals surface area contributed by atoms with Crippen LogP contribution in [-0.4, -0.2) is 29.5 Å². The Kier molecular flexibility index (Phi) is 4.92. The highest BCUT2D eigenvalue weighted by atomic mass is 16.5. The molecule has 1 aliphatic carbocycles. The molecular formula is C18H27NO2. The molecule has 1 atom stereocenters. The lowest BCUT2D eigenvalue weighted by Gasteiger charge is -2.32. The number of amides is 1. The Morgan fingerprint density at radius 1 is 1.33 bits per heavy atom. The predicted octanol–water partition coefficient (Wildman–Crippen LogP) is 4.04. The number of hydrogen-bond acceptors (Lipinski definition) is 2. The summed E-state index contributed by atoms with van der Waals surface area (Å²) in [5.41, 5.74) is 1.80. The van der Waals surface area contributed by atoms with Gasteiger partial charge in [0.05, 0.1) is 6.61 Å². The maximum absolute atomic E-state index is 12.9. The lowest BCUT2D eigenvalue weighted by Crippen LogP contribution is -2.43. The smallest absolute Gasteiger partial charge is 0.254 e. The SMILES string of the molecule is CCOc1ccc(C(=O)N(C2CC2)C(C)C(C)C)cc1C. The second-order valence-electron chi connectivity index (χ2n) is 6.34. The standard InChI is InChI=1S/C18H27NO2/c1-6-21-17-10-7-15(11-13(17)4)18(20)19(16-8-9-16)14(5)12(2)3/h7,10-12,14,16H,6,8-9H2,1-5H3. The number of ether oxygens (including phenoxy) is 1. The minimum Gasteiger partial charge on any atom is -0.494 e. The summed E-state index contributed by atoms with van der Waals surface area (Å²) in [6, 6.07) is 6.47. The van der Waals surface area contributed by atoms with Crippen LogP contribution >= 0.6 is 0 Å². The van der Waals surface area contributed by atoms with E-state index in [-0.39, 0.29) is 11.9 Å². The molecule has 0 bridgehead atoms. The molecule has 0 aromatic heterocycles. The fourth-order valence-electron chi connectivity index (χ4n) is 2.61. The van der Waals surface area contributed by atoms with Gasteiger partial charge < -0.3 is 9.64 Å². The fourth-order valence-corrected chi connectivity index (χ4v) is 2.61. The first-order chi connectivity index (χ1) is 9.95. The highest BCUT2D eigenvalue weighted by molar-refractivity contribution is 5.95. The summed E-state index contributed by atoms with van der Waals surface area (Å²) in [6.07, 6.45) is 2.28. The Hall–Kier alpha value is -1.51. The molecule has 1 aromatic rings. The summed E-state index contributed by atoms with van der Waals surface area (Å²) in [5.74, 6) is 1.49. The van der Waals surface area contributed by atoms with Gasteiger partial charge in [0.2, 0.25) is 0 Å². The molecule has 116 valence electrons. The summed E-state index contributed by atoms with van der Waals surface area (Å²) in [7, 11) is 0. The Labute approximate surface area is 128 Å². The van der Waals surface area contributed by atoms with E-state index in [4.69, 9.17) is 4.74 Å². The largest absolute Gasteiger partial charge is 0.494 e. The average Bonchev–Trinajstić information content (AvgIpc) is 3.25. The van der Waals surface area contributed by atoms with Crippen LogP contribution in [0, 0.1) is 12.8 Å². The van der Waals surface area contributed by atoms with Crippen LogP contribution in [0.25, 0.3) is 0 Å². The maximum atomic E-state index is 12.9. The van der Waals surface area contributed by atoms with Crippen molar-refractivity contribution < 1.29 is 9.53 Å². The zero-order chi connectivity index (χ0) is 15.6. The molecule has 0 radical (unpaired) electrons. The minimum atomic E-state index is 0.157. The Balaban J connectivity index is 2.23. The molecule has 3 nitrogen and oxygen atoms in total. The Bertz CT molecular complexity index is 506. The molecule has 0 aliphatic heterocycles. The number of carbonyl (C=O) groups is 1. The second-order valence-corrected chi connectivity index (χ2v) is 6.34. The van der Waals surface area contributed by atoms with Crippen LogP contribution in [0.4, 0.5) is 0 Å². The first kappa shape index (κ1) is 15.9. The van der Waals surface area contributed by atoms with Gasteiger partial charge in [-0.1, -0.05) is 13.8 Å². The Morgan fingerprint density at radius 3 is 2.48 bits per heavy atom. The van der Waals surface area contributed by atoms with Gasteiger partial charge in [0, 0.05) is 17.6 Å². The number of carbonyl (C=O) groups excluding carboxylic acids is 1. The third-order valence-corrected chi connectivity index (χ3v) is 4.30. The zero-order valence-corrected chi connectivity index (χ0v) is 13.8. The molecular weight excluding hydrogens is 262 g/mol. The molecule has 1 unspecified atom stereocenters. The van der Waals surface area contributed by atoms with Gasteiger partial charge in [0.15, 0.2) is 0 Å². The highest BCUT2D eigenvalue weighted by Gasteiger charge is 2.37. The first-order valence-electron chi connectivity index (χ1n) is 8.01. The molecule has 2 rings (SSSR count). The van der Waals surface area contributed by atoms with Gasteiger partial charge in [-0.15, -0.1) is 0 Å². The molecule has 1 amide bonds. The van der Waals surface area contributed by atoms with Gasteiger partial charge in [-0.3, -0.25) is 4.79 Å². The van der Waals surface area contributed by atoms with Gasteiger partial charge >= 0.3 is 0 Å². The minimum absolute atomic E-state index is 0.157. The quantitative estimate of drug-likeness (QED) is 0.791. The molecule has 1 aliphatic rings. The number of benzene rings is 1. The number of nitrogens with zero attached hydrogens (tertiary/aromatic N) is 1. The summed E-state index contributed by atoms with van der Waals surface area (Å²) in [6.45, 7) is 11.1. The van der Waals surface area contributed by atoms with Crippen LogP contribution < -0.4 is 4.74 Å². The van der Waals surface area contributed by atoms with E-state index in [1.54, 1.807) is 0 Å². The predicted molar refractivity (Wildman–Crippen MR) is 85.8 cm³/mol. The van der Waals surface area contributed by atoms with Gasteiger partial charge in [0.1, 0.15) is 5.75 Å². The van der Waals surface area contributed by atoms with E-state index in [9.17, 15) is 4.79 Å². The summed E-state index contributed by atoms with van der Waals surface area (Å²) >= 11 is 0. The first-order valence-corrected chi connectivity index (χ1v) is 8.01. The topological polar surface area (TPSA) is 29.5 Å². The van der Waals surface area contributed by atoms with Crippen LogP contribution in [0.1, 0.15) is 56.5 Å². The lowest BCUT2D eigenvalue weighted by molar-refractivity contribution is 0.0627. The van der Waals surface area contributed by atoms with Gasteiger partial charge in [-0.2, -0.15) is 0 Å². The van der Waals surface area contributed by atoms with Crippen molar-refractivity contribution in [2.75, 3.05) is 6.61 Å². The second kappa shape index (κ2) is 6.50. The molecule has 0 heterocycles. The van der Waals surface area contributed by atoms with Crippen molar-refractivity contribution in [3.63, 3.8) is 0 Å². The van der Waals surface area contributed by atoms with Crippen molar-refractivity contribution in [3.05, 3.63) is 29.3 Å². The van der Waals surface area contributed by atoms with E-state index in [0.717, 1.165) is 29.7 Å². The Morgan fingerprint density at radius 2 is 2.00 bits per heavy atom. The van der Waals surface area contributed by atoms with Gasteiger partial charge in [-0.05, 0) is 63.3 Å². The normalized spacial score (nSPS) is 15.9. The number of aryl methyl sites for hydroxylation is 1. The van der Waals surface area contributed by atoms with E-state index in [1.807, 2.05) is 32.0 Å². The van der Waals surface area contributed by atoms with Gasteiger partial charge in [-0.25, -0.2) is 0 Å². The number of rotatable bonds is 6. The van der Waals surface area contributed by atoms with Crippen LogP contribution in [0.5, 0.6) is 5.75 Å². The summed E-state index contributed by atoms with van der Waals surface area (Å²) in [4.78, 5) is 15.0. The zero-order valence-electron chi connectivity index (χ0n) is 13.8. The highest BCUT2D eigenvalue weighted by Crippen LogP contribution is 2.32.